The summed E-state index contributed by atoms with van der Waals surface area (Å²) in [6, 6.07) is 10.9. The topological polar surface area (TPSA) is 8.81 Å². The summed E-state index contributed by atoms with van der Waals surface area (Å²) in [5, 5.41) is 0. The molecule has 2 nitrogen and oxygen atoms in total. The molecule has 0 spiro atoms. The fourth-order valence-electron chi connectivity index (χ4n) is 4.57. The van der Waals surface area contributed by atoms with Gasteiger partial charge in [-0.15, -0.1) is 0 Å². The molecule has 0 aliphatic rings. The Labute approximate surface area is 193 Å². The third-order valence-electron chi connectivity index (χ3n) is 6.55. The van der Waals surface area contributed by atoms with E-state index < -0.39 is 0 Å². The number of rotatable bonds is 19. The number of aromatic nitrogens is 2. The van der Waals surface area contributed by atoms with Gasteiger partial charge in [0, 0.05) is 6.42 Å². The highest BCUT2D eigenvalue weighted by atomic mass is 15.1. The molecule has 0 saturated heterocycles. The Hall–Kier alpha value is -1.57. The van der Waals surface area contributed by atoms with E-state index in [4.69, 9.17) is 0 Å². The van der Waals surface area contributed by atoms with Gasteiger partial charge < -0.3 is 0 Å². The number of aryl methyl sites for hydroxylation is 3. The highest BCUT2D eigenvalue weighted by Crippen LogP contribution is 2.12. The fraction of sp³-hybridized carbons (Fsp3) is 0.690. The largest absolute Gasteiger partial charge is 0.256 e. The number of hydrogen-bond acceptors (Lipinski definition) is 0. The molecule has 0 aliphatic carbocycles. The lowest BCUT2D eigenvalue weighted by Crippen LogP contribution is -2.37. The van der Waals surface area contributed by atoms with Crippen LogP contribution in [0.4, 0.5) is 0 Å². The van der Waals surface area contributed by atoms with Crippen molar-refractivity contribution >= 4 is 0 Å². The van der Waals surface area contributed by atoms with Gasteiger partial charge in [-0.05, 0) is 37.7 Å². The summed E-state index contributed by atoms with van der Waals surface area (Å²) >= 11 is 0. The molecule has 2 rings (SSSR count). The van der Waals surface area contributed by atoms with E-state index in [0.717, 1.165) is 6.54 Å². The van der Waals surface area contributed by atoms with Gasteiger partial charge in [-0.25, -0.2) is 9.13 Å². The first-order valence-electron chi connectivity index (χ1n) is 13.5. The van der Waals surface area contributed by atoms with Crippen LogP contribution in [-0.2, 0) is 25.9 Å². The molecule has 2 aromatic rings. The maximum atomic E-state index is 2.55. The minimum Gasteiger partial charge on any atom is -0.234 e. The van der Waals surface area contributed by atoms with Gasteiger partial charge in [0.15, 0.2) is 0 Å². The van der Waals surface area contributed by atoms with Gasteiger partial charge >= 0.3 is 0 Å². The Morgan fingerprint density at radius 1 is 0.645 bits per heavy atom. The fourth-order valence-corrected chi connectivity index (χ4v) is 4.57. The maximum absolute atomic E-state index is 2.55. The molecule has 1 heterocycles. The van der Waals surface area contributed by atoms with Crippen LogP contribution in [0.2, 0.25) is 0 Å². The van der Waals surface area contributed by atoms with Gasteiger partial charge in [-0.2, -0.15) is 0 Å². The van der Waals surface area contributed by atoms with Crippen molar-refractivity contribution in [2.75, 3.05) is 0 Å². The second-order valence-electron chi connectivity index (χ2n) is 9.33. The summed E-state index contributed by atoms with van der Waals surface area (Å²) in [6.07, 6.45) is 26.4. The van der Waals surface area contributed by atoms with Crippen LogP contribution in [0.3, 0.4) is 0 Å². The highest BCUT2D eigenvalue weighted by Gasteiger charge is 2.16. The van der Waals surface area contributed by atoms with Crippen LogP contribution < -0.4 is 4.57 Å². The van der Waals surface area contributed by atoms with Crippen LogP contribution in [0.15, 0.2) is 42.7 Å². The summed E-state index contributed by atoms with van der Waals surface area (Å²) in [7, 11) is 0. The number of benzene rings is 1. The van der Waals surface area contributed by atoms with Crippen LogP contribution in [0.1, 0.15) is 115 Å². The number of nitrogens with zero attached hydrogens (tertiary/aromatic N) is 2. The van der Waals surface area contributed by atoms with Crippen LogP contribution in [0, 0.1) is 0 Å². The van der Waals surface area contributed by atoms with Crippen LogP contribution in [-0.4, -0.2) is 4.57 Å². The zero-order valence-electron chi connectivity index (χ0n) is 20.7. The summed E-state index contributed by atoms with van der Waals surface area (Å²) in [6.45, 7) is 6.93. The van der Waals surface area contributed by atoms with Crippen molar-refractivity contribution in [2.24, 2.45) is 0 Å². The Morgan fingerprint density at radius 3 is 1.90 bits per heavy atom. The number of imidazole rings is 1. The normalized spacial score (nSPS) is 11.3. The van der Waals surface area contributed by atoms with E-state index in [9.17, 15) is 0 Å². The first kappa shape index (κ1) is 25.7. The van der Waals surface area contributed by atoms with Crippen molar-refractivity contribution < 1.29 is 4.57 Å². The number of unbranched alkanes of at least 4 members (excludes halogenated alkanes) is 11. The summed E-state index contributed by atoms with van der Waals surface area (Å²) < 4.78 is 5.07. The molecule has 31 heavy (non-hydrogen) atoms. The van der Waals surface area contributed by atoms with Gasteiger partial charge in [0.2, 0.25) is 0 Å². The first-order chi connectivity index (χ1) is 15.3. The van der Waals surface area contributed by atoms with Crippen molar-refractivity contribution in [1.29, 1.82) is 0 Å². The maximum Gasteiger partial charge on any atom is 0.256 e. The lowest BCUT2D eigenvalue weighted by Gasteiger charge is -2.06. The van der Waals surface area contributed by atoms with Gasteiger partial charge in [-0.3, -0.25) is 0 Å². The predicted molar refractivity (Wildman–Crippen MR) is 134 cm³/mol. The van der Waals surface area contributed by atoms with Crippen molar-refractivity contribution in [3.63, 3.8) is 0 Å². The summed E-state index contributed by atoms with van der Waals surface area (Å²) in [4.78, 5) is 0. The predicted octanol–water partition coefficient (Wildman–Crippen LogP) is 8.06. The third-order valence-corrected chi connectivity index (χ3v) is 6.55. The molecule has 1 aromatic carbocycles. The lowest BCUT2D eigenvalue weighted by atomic mass is 10.1. The van der Waals surface area contributed by atoms with Crippen molar-refractivity contribution in [1.82, 2.24) is 4.57 Å². The zero-order valence-corrected chi connectivity index (χ0v) is 20.7. The second-order valence-corrected chi connectivity index (χ2v) is 9.33. The van der Waals surface area contributed by atoms with E-state index in [-0.39, 0.29) is 0 Å². The quantitative estimate of drug-likeness (QED) is 0.159. The van der Waals surface area contributed by atoms with Crippen molar-refractivity contribution in [3.05, 3.63) is 54.1 Å². The molecular formula is C29H49N2+. The van der Waals surface area contributed by atoms with E-state index in [1.807, 2.05) is 0 Å². The molecule has 0 radical (unpaired) electrons. The van der Waals surface area contributed by atoms with E-state index in [0.29, 0.717) is 0 Å². The molecule has 0 atom stereocenters. The first-order valence-corrected chi connectivity index (χ1v) is 13.5. The number of hydrogen-bond donors (Lipinski definition) is 0. The van der Waals surface area contributed by atoms with E-state index in [1.165, 1.54) is 115 Å². The second kappa shape index (κ2) is 17.0. The van der Waals surface area contributed by atoms with Crippen molar-refractivity contribution in [3.8, 4) is 0 Å². The molecule has 1 aromatic heterocycles. The summed E-state index contributed by atoms with van der Waals surface area (Å²) in [5.41, 5.74) is 1.46. The Kier molecular flexibility index (Phi) is 14.1. The Balaban J connectivity index is 1.65. The minimum absolute atomic E-state index is 1.14. The SMILES string of the molecule is CCCCCCCCCCCCCn1cc[n+](CCCc2ccccc2)c1CCCC. The molecule has 0 N–H and O–H groups in total. The monoisotopic (exact) mass is 425 g/mol. The van der Waals surface area contributed by atoms with E-state index in [2.05, 4.69) is 65.7 Å². The molecule has 0 aliphatic heterocycles. The average Bonchev–Trinajstić information content (AvgIpc) is 3.18. The zero-order chi connectivity index (χ0) is 22.0. The van der Waals surface area contributed by atoms with Gasteiger partial charge in [0.05, 0.1) is 13.1 Å². The molecule has 0 saturated carbocycles. The molecule has 174 valence electrons. The van der Waals surface area contributed by atoms with E-state index in [1.54, 1.807) is 5.82 Å². The average molecular weight is 426 g/mol. The van der Waals surface area contributed by atoms with Crippen molar-refractivity contribution in [2.45, 2.75) is 130 Å². The molecule has 0 fully saturated rings. The van der Waals surface area contributed by atoms with Gasteiger partial charge in [-0.1, -0.05) is 108 Å². The van der Waals surface area contributed by atoms with Gasteiger partial charge in [0.25, 0.3) is 5.82 Å². The van der Waals surface area contributed by atoms with Crippen LogP contribution in [0.25, 0.3) is 0 Å². The highest BCUT2D eigenvalue weighted by molar-refractivity contribution is 5.14. The third kappa shape index (κ3) is 11.0. The molecule has 2 heteroatoms. The van der Waals surface area contributed by atoms with Gasteiger partial charge in [0.1, 0.15) is 12.4 Å². The standard InChI is InChI=1S/C29H49N2/c1-3-5-7-8-9-10-11-12-13-14-18-24-30-26-27-31(29(30)23-6-4-2)25-19-22-28-20-16-15-17-21-28/h15-17,20-21,26-27H,3-14,18-19,22-25H2,1-2H3/q+1. The lowest BCUT2D eigenvalue weighted by molar-refractivity contribution is -0.704. The minimum atomic E-state index is 1.14. The Bertz CT molecular complexity index is 659. The van der Waals surface area contributed by atoms with Crippen LogP contribution >= 0.6 is 0 Å². The summed E-state index contributed by atoms with van der Waals surface area (Å²) in [5.74, 6) is 1.54. The molecule has 0 unspecified atom stereocenters. The molecular weight excluding hydrogens is 376 g/mol. The van der Waals surface area contributed by atoms with E-state index >= 15 is 0 Å². The Morgan fingerprint density at radius 2 is 1.26 bits per heavy atom. The smallest absolute Gasteiger partial charge is 0.234 e. The molecule has 0 bridgehead atoms. The van der Waals surface area contributed by atoms with Crippen LogP contribution in [0.5, 0.6) is 0 Å². The molecule has 0 amide bonds.